The van der Waals surface area contributed by atoms with Gasteiger partial charge < -0.3 is 9.88 Å². The fourth-order valence-electron chi connectivity index (χ4n) is 3.31. The Hall–Kier alpha value is -3.05. The van der Waals surface area contributed by atoms with E-state index in [0.717, 1.165) is 22.6 Å². The van der Waals surface area contributed by atoms with Crippen LogP contribution in [0.15, 0.2) is 59.7 Å². The minimum absolute atomic E-state index is 0.119. The van der Waals surface area contributed by atoms with Gasteiger partial charge in [-0.25, -0.2) is 10.2 Å². The molecule has 0 aliphatic rings. The van der Waals surface area contributed by atoms with E-state index >= 15 is 0 Å². The Morgan fingerprint density at radius 2 is 1.77 bits per heavy atom. The van der Waals surface area contributed by atoms with E-state index in [4.69, 9.17) is 11.6 Å². The molecule has 0 spiro atoms. The summed E-state index contributed by atoms with van der Waals surface area (Å²) in [5, 5.41) is 7.33. The lowest BCUT2D eigenvalue weighted by Crippen LogP contribution is -2.24. The summed E-state index contributed by atoms with van der Waals surface area (Å²) in [6, 6.07) is 17.2. The maximum absolute atomic E-state index is 12.0. The van der Waals surface area contributed by atoms with Crippen LogP contribution in [-0.4, -0.2) is 16.8 Å². The van der Waals surface area contributed by atoms with Gasteiger partial charge in [-0.15, -0.1) is 0 Å². The highest BCUT2D eigenvalue weighted by Crippen LogP contribution is 2.25. The zero-order valence-corrected chi connectivity index (χ0v) is 18.7. The first-order chi connectivity index (χ1) is 14.1. The van der Waals surface area contributed by atoms with Crippen molar-refractivity contribution in [1.29, 1.82) is 0 Å². The molecule has 0 saturated heterocycles. The number of hydrogen-bond acceptors (Lipinski definition) is 2. The second kappa shape index (κ2) is 8.76. The third-order valence-corrected chi connectivity index (χ3v) is 5.15. The number of nitrogens with zero attached hydrogens (tertiary/aromatic N) is 2. The summed E-state index contributed by atoms with van der Waals surface area (Å²) in [5.41, 5.74) is 8.70. The number of nitrogens with one attached hydrogen (secondary N) is 2. The SMILES string of the molecule is Cc1cc(/C=N/NC(=O)Nc2cccc(Cl)c2)c(C)n1-c1ccc(C(C)(C)C)cc1. The predicted octanol–water partition coefficient (Wildman–Crippen LogP) is 6.20. The van der Waals surface area contributed by atoms with Gasteiger partial charge in [-0.3, -0.25) is 0 Å². The Kier molecular flexibility index (Phi) is 6.32. The predicted molar refractivity (Wildman–Crippen MR) is 125 cm³/mol. The van der Waals surface area contributed by atoms with Crippen LogP contribution in [0.1, 0.15) is 43.3 Å². The van der Waals surface area contributed by atoms with E-state index in [1.165, 1.54) is 5.56 Å². The van der Waals surface area contributed by atoms with Gasteiger partial charge >= 0.3 is 6.03 Å². The molecular weight excluding hydrogens is 396 g/mol. The molecule has 1 aromatic heterocycles. The topological polar surface area (TPSA) is 58.4 Å². The fourth-order valence-corrected chi connectivity index (χ4v) is 3.50. The van der Waals surface area contributed by atoms with Crippen LogP contribution >= 0.6 is 11.6 Å². The number of amides is 2. The van der Waals surface area contributed by atoms with Crippen LogP contribution in [0.25, 0.3) is 5.69 Å². The van der Waals surface area contributed by atoms with E-state index in [-0.39, 0.29) is 5.41 Å². The molecule has 0 aliphatic carbocycles. The molecule has 30 heavy (non-hydrogen) atoms. The number of benzene rings is 2. The summed E-state index contributed by atoms with van der Waals surface area (Å²) in [6.07, 6.45) is 1.65. The Bertz CT molecular complexity index is 1080. The van der Waals surface area contributed by atoms with Crippen molar-refractivity contribution >= 4 is 29.5 Å². The number of carbonyl (C=O) groups is 1. The minimum atomic E-state index is -0.430. The summed E-state index contributed by atoms with van der Waals surface area (Å²) < 4.78 is 2.18. The lowest BCUT2D eigenvalue weighted by atomic mass is 9.87. The number of aromatic nitrogens is 1. The molecule has 0 atom stereocenters. The molecule has 3 rings (SSSR count). The van der Waals surface area contributed by atoms with Crippen LogP contribution < -0.4 is 10.7 Å². The zero-order valence-electron chi connectivity index (χ0n) is 18.0. The van der Waals surface area contributed by atoms with E-state index in [0.29, 0.717) is 10.7 Å². The van der Waals surface area contributed by atoms with Gasteiger partial charge in [-0.05, 0) is 61.2 Å². The summed E-state index contributed by atoms with van der Waals surface area (Å²) >= 11 is 5.92. The highest BCUT2D eigenvalue weighted by atomic mass is 35.5. The van der Waals surface area contributed by atoms with Gasteiger partial charge in [0.2, 0.25) is 0 Å². The first-order valence-electron chi connectivity index (χ1n) is 9.80. The van der Waals surface area contributed by atoms with Crippen molar-refractivity contribution in [1.82, 2.24) is 9.99 Å². The smallest absolute Gasteiger partial charge is 0.318 e. The highest BCUT2D eigenvalue weighted by molar-refractivity contribution is 6.30. The number of halogens is 1. The zero-order chi connectivity index (χ0) is 21.9. The van der Waals surface area contributed by atoms with Crippen LogP contribution in [0.5, 0.6) is 0 Å². The molecule has 2 aromatic carbocycles. The molecule has 2 amide bonds. The molecule has 0 fully saturated rings. The van der Waals surface area contributed by atoms with Gasteiger partial charge in [0.15, 0.2) is 0 Å². The number of hydrazone groups is 1. The Morgan fingerprint density at radius 3 is 2.40 bits per heavy atom. The average molecular weight is 423 g/mol. The second-order valence-electron chi connectivity index (χ2n) is 8.29. The van der Waals surface area contributed by atoms with Crippen LogP contribution in [0.2, 0.25) is 5.02 Å². The largest absolute Gasteiger partial charge is 0.339 e. The van der Waals surface area contributed by atoms with E-state index in [1.54, 1.807) is 30.5 Å². The Morgan fingerprint density at radius 1 is 1.07 bits per heavy atom. The number of urea groups is 1. The second-order valence-corrected chi connectivity index (χ2v) is 8.73. The normalized spacial score (nSPS) is 11.7. The lowest BCUT2D eigenvalue weighted by Gasteiger charge is -2.20. The molecule has 0 unspecified atom stereocenters. The van der Waals surface area contributed by atoms with Crippen molar-refractivity contribution < 1.29 is 4.79 Å². The van der Waals surface area contributed by atoms with Crippen molar-refractivity contribution in [2.24, 2.45) is 5.10 Å². The maximum atomic E-state index is 12.0. The minimum Gasteiger partial charge on any atom is -0.318 e. The van der Waals surface area contributed by atoms with Gasteiger partial charge in [-0.2, -0.15) is 5.10 Å². The quantitative estimate of drug-likeness (QED) is 0.381. The highest BCUT2D eigenvalue weighted by Gasteiger charge is 2.14. The van der Waals surface area contributed by atoms with E-state index in [9.17, 15) is 4.79 Å². The van der Waals surface area contributed by atoms with Crippen LogP contribution in [0.3, 0.4) is 0 Å². The van der Waals surface area contributed by atoms with Crippen molar-refractivity contribution in [3.63, 3.8) is 0 Å². The van der Waals surface area contributed by atoms with E-state index in [2.05, 4.69) is 72.4 Å². The number of aryl methyl sites for hydroxylation is 1. The summed E-state index contributed by atoms with van der Waals surface area (Å²) in [5.74, 6) is 0. The molecule has 2 N–H and O–H groups in total. The van der Waals surface area contributed by atoms with Gasteiger partial charge in [0.25, 0.3) is 0 Å². The molecule has 1 heterocycles. The van der Waals surface area contributed by atoms with Gasteiger partial charge in [0.05, 0.1) is 6.21 Å². The standard InChI is InChI=1S/C24H27ClN4O/c1-16-13-18(15-26-28-23(30)27-21-8-6-7-20(25)14-21)17(2)29(16)22-11-9-19(10-12-22)24(3,4)5/h6-15H,1-5H3,(H2,27,28,30)/b26-15+. The van der Waals surface area contributed by atoms with Crippen molar-refractivity contribution in [2.75, 3.05) is 5.32 Å². The van der Waals surface area contributed by atoms with E-state index < -0.39 is 6.03 Å². The molecular formula is C24H27ClN4O. The summed E-state index contributed by atoms with van der Waals surface area (Å²) in [4.78, 5) is 12.0. The molecule has 0 bridgehead atoms. The van der Waals surface area contributed by atoms with Crippen LogP contribution in [0, 0.1) is 13.8 Å². The van der Waals surface area contributed by atoms with Gasteiger partial charge in [0, 0.05) is 33.3 Å². The number of carbonyl (C=O) groups excluding carboxylic acids is 1. The lowest BCUT2D eigenvalue weighted by molar-refractivity contribution is 0.252. The Labute approximate surface area is 182 Å². The maximum Gasteiger partial charge on any atom is 0.339 e. The molecule has 3 aromatic rings. The number of hydrogen-bond donors (Lipinski definition) is 2. The monoisotopic (exact) mass is 422 g/mol. The Balaban J connectivity index is 1.71. The van der Waals surface area contributed by atoms with Crippen LogP contribution in [-0.2, 0) is 5.41 Å². The van der Waals surface area contributed by atoms with Gasteiger partial charge in [0.1, 0.15) is 0 Å². The third kappa shape index (κ3) is 5.10. The average Bonchev–Trinajstić information content (AvgIpc) is 2.94. The molecule has 0 radical (unpaired) electrons. The number of anilines is 1. The number of rotatable bonds is 4. The van der Waals surface area contributed by atoms with Crippen LogP contribution in [0.4, 0.5) is 10.5 Å². The molecule has 6 heteroatoms. The fraction of sp³-hybridized carbons (Fsp3) is 0.250. The molecule has 5 nitrogen and oxygen atoms in total. The first kappa shape index (κ1) is 21.7. The van der Waals surface area contributed by atoms with Crippen molar-refractivity contribution in [2.45, 2.75) is 40.0 Å². The van der Waals surface area contributed by atoms with Gasteiger partial charge in [-0.1, -0.05) is 50.6 Å². The molecule has 156 valence electrons. The molecule has 0 saturated carbocycles. The summed E-state index contributed by atoms with van der Waals surface area (Å²) in [6.45, 7) is 10.7. The first-order valence-corrected chi connectivity index (χ1v) is 10.2. The third-order valence-electron chi connectivity index (χ3n) is 4.91. The summed E-state index contributed by atoms with van der Waals surface area (Å²) in [7, 11) is 0. The van der Waals surface area contributed by atoms with E-state index in [1.807, 2.05) is 13.0 Å². The van der Waals surface area contributed by atoms with Crippen molar-refractivity contribution in [3.8, 4) is 5.69 Å². The van der Waals surface area contributed by atoms with Crippen molar-refractivity contribution in [3.05, 3.63) is 82.1 Å². The molecule has 0 aliphatic heterocycles.